The van der Waals surface area contributed by atoms with Gasteiger partial charge in [-0.1, -0.05) is 123 Å². The van der Waals surface area contributed by atoms with Gasteiger partial charge in [0.05, 0.1) is 0 Å². The molecular weight excluding hydrogens is 288 g/mol. The zero-order chi connectivity index (χ0) is 17.3. The minimum absolute atomic E-state index is 0.769. The van der Waals surface area contributed by atoms with Crippen LogP contribution < -0.4 is 0 Å². The van der Waals surface area contributed by atoms with Crippen molar-refractivity contribution in [2.75, 3.05) is 0 Å². The van der Waals surface area contributed by atoms with Crippen molar-refractivity contribution in [1.82, 2.24) is 0 Å². The van der Waals surface area contributed by atoms with Crippen LogP contribution in [0.4, 0.5) is 0 Å². The Hall–Kier alpha value is 0. The lowest BCUT2D eigenvalue weighted by molar-refractivity contribution is 0.146. The molecule has 24 heavy (non-hydrogen) atoms. The van der Waals surface area contributed by atoms with Crippen LogP contribution in [0.1, 0.15) is 149 Å². The Kier molecular flexibility index (Phi) is 14.0. The SMILES string of the molecule is CCCCCCCCCC1(CCCCCCCCC)CCCCC1. The summed E-state index contributed by atoms with van der Waals surface area (Å²) < 4.78 is 0. The molecule has 0 aromatic heterocycles. The van der Waals surface area contributed by atoms with Crippen molar-refractivity contribution in [3.05, 3.63) is 0 Å². The molecule has 0 aromatic carbocycles. The average molecular weight is 337 g/mol. The largest absolute Gasteiger partial charge is 0.0654 e. The summed E-state index contributed by atoms with van der Waals surface area (Å²) in [7, 11) is 0. The van der Waals surface area contributed by atoms with E-state index >= 15 is 0 Å². The first kappa shape index (κ1) is 22.0. The summed E-state index contributed by atoms with van der Waals surface area (Å²) in [4.78, 5) is 0. The molecule has 0 unspecified atom stereocenters. The molecule has 0 N–H and O–H groups in total. The van der Waals surface area contributed by atoms with E-state index in [0.29, 0.717) is 0 Å². The molecule has 0 heteroatoms. The zero-order valence-electron chi connectivity index (χ0n) is 17.3. The monoisotopic (exact) mass is 336 g/mol. The van der Waals surface area contributed by atoms with Crippen LogP contribution in [-0.4, -0.2) is 0 Å². The molecule has 1 aliphatic rings. The summed E-state index contributed by atoms with van der Waals surface area (Å²) in [5.74, 6) is 0. The lowest BCUT2D eigenvalue weighted by atomic mass is 9.68. The number of hydrogen-bond donors (Lipinski definition) is 0. The van der Waals surface area contributed by atoms with Crippen LogP contribution in [0.15, 0.2) is 0 Å². The van der Waals surface area contributed by atoms with E-state index in [1.807, 2.05) is 0 Å². The van der Waals surface area contributed by atoms with Gasteiger partial charge in [-0.3, -0.25) is 0 Å². The standard InChI is InChI=1S/C24H48/c1-3-5-7-9-11-13-16-20-24(22-18-15-19-23-24)21-17-14-12-10-8-6-4-2/h3-23H2,1-2H3. The topological polar surface area (TPSA) is 0 Å². The van der Waals surface area contributed by atoms with Crippen molar-refractivity contribution >= 4 is 0 Å². The predicted octanol–water partition coefficient (Wildman–Crippen LogP) is 9.22. The number of rotatable bonds is 16. The Morgan fingerprint density at radius 2 is 0.833 bits per heavy atom. The second-order valence-corrected chi connectivity index (χ2v) is 8.80. The normalized spacial score (nSPS) is 17.2. The summed E-state index contributed by atoms with van der Waals surface area (Å²) in [6.45, 7) is 4.63. The first-order valence-electron chi connectivity index (χ1n) is 11.8. The van der Waals surface area contributed by atoms with Gasteiger partial charge in [0, 0.05) is 0 Å². The van der Waals surface area contributed by atoms with Crippen LogP contribution in [0.3, 0.4) is 0 Å². The molecule has 1 fully saturated rings. The molecule has 0 atom stereocenters. The summed E-state index contributed by atoms with van der Waals surface area (Å²) in [5, 5.41) is 0. The quantitative estimate of drug-likeness (QED) is 0.246. The minimum Gasteiger partial charge on any atom is -0.0654 e. The molecule has 144 valence electrons. The highest BCUT2D eigenvalue weighted by Crippen LogP contribution is 2.44. The maximum absolute atomic E-state index is 2.32. The van der Waals surface area contributed by atoms with Gasteiger partial charge in [0.2, 0.25) is 0 Å². The molecule has 1 aliphatic carbocycles. The van der Waals surface area contributed by atoms with Crippen LogP contribution >= 0.6 is 0 Å². The van der Waals surface area contributed by atoms with Crippen LogP contribution in [0, 0.1) is 5.41 Å². The molecule has 0 bridgehead atoms. The first-order valence-corrected chi connectivity index (χ1v) is 11.8. The second kappa shape index (κ2) is 15.3. The molecule has 0 spiro atoms. The molecular formula is C24H48. The van der Waals surface area contributed by atoms with E-state index < -0.39 is 0 Å². The average Bonchev–Trinajstić information content (AvgIpc) is 2.61. The van der Waals surface area contributed by atoms with Gasteiger partial charge in [0.1, 0.15) is 0 Å². The third-order valence-electron chi connectivity index (χ3n) is 6.54. The van der Waals surface area contributed by atoms with Crippen LogP contribution in [0.25, 0.3) is 0 Å². The van der Waals surface area contributed by atoms with Crippen molar-refractivity contribution in [3.8, 4) is 0 Å². The van der Waals surface area contributed by atoms with E-state index in [2.05, 4.69) is 13.8 Å². The Morgan fingerprint density at radius 3 is 1.25 bits per heavy atom. The van der Waals surface area contributed by atoms with E-state index in [-0.39, 0.29) is 0 Å². The van der Waals surface area contributed by atoms with Crippen LogP contribution in [-0.2, 0) is 0 Å². The molecule has 1 saturated carbocycles. The third-order valence-corrected chi connectivity index (χ3v) is 6.54. The minimum atomic E-state index is 0.769. The molecule has 0 aromatic rings. The van der Waals surface area contributed by atoms with E-state index in [0.717, 1.165) is 5.41 Å². The summed E-state index contributed by atoms with van der Waals surface area (Å²) in [6, 6.07) is 0. The van der Waals surface area contributed by atoms with Crippen molar-refractivity contribution in [1.29, 1.82) is 0 Å². The van der Waals surface area contributed by atoms with Crippen molar-refractivity contribution in [2.24, 2.45) is 5.41 Å². The van der Waals surface area contributed by atoms with Crippen LogP contribution in [0.5, 0.6) is 0 Å². The van der Waals surface area contributed by atoms with Gasteiger partial charge in [0.25, 0.3) is 0 Å². The molecule has 1 rings (SSSR count). The fourth-order valence-electron chi connectivity index (χ4n) is 4.84. The van der Waals surface area contributed by atoms with Gasteiger partial charge in [0.15, 0.2) is 0 Å². The smallest absolute Gasteiger partial charge is 0.0297 e. The molecule has 0 saturated heterocycles. The number of hydrogen-bond acceptors (Lipinski definition) is 0. The fraction of sp³-hybridized carbons (Fsp3) is 1.00. The highest BCUT2D eigenvalue weighted by Gasteiger charge is 2.30. The van der Waals surface area contributed by atoms with Crippen molar-refractivity contribution in [2.45, 2.75) is 149 Å². The van der Waals surface area contributed by atoms with E-state index in [1.54, 1.807) is 25.7 Å². The predicted molar refractivity (Wildman–Crippen MR) is 111 cm³/mol. The maximum Gasteiger partial charge on any atom is -0.0297 e. The Morgan fingerprint density at radius 1 is 0.458 bits per heavy atom. The first-order chi connectivity index (χ1) is 11.8. The molecule has 0 nitrogen and oxygen atoms in total. The summed E-state index contributed by atoms with van der Waals surface area (Å²) in [6.07, 6.45) is 31.3. The van der Waals surface area contributed by atoms with E-state index in [1.165, 1.54) is 109 Å². The Bertz CT molecular complexity index is 229. The summed E-state index contributed by atoms with van der Waals surface area (Å²) >= 11 is 0. The van der Waals surface area contributed by atoms with Crippen molar-refractivity contribution < 1.29 is 0 Å². The van der Waals surface area contributed by atoms with Gasteiger partial charge < -0.3 is 0 Å². The van der Waals surface area contributed by atoms with Gasteiger partial charge in [-0.15, -0.1) is 0 Å². The number of unbranched alkanes of at least 4 members (excludes halogenated alkanes) is 12. The van der Waals surface area contributed by atoms with E-state index in [9.17, 15) is 0 Å². The molecule has 0 amide bonds. The molecule has 0 aliphatic heterocycles. The maximum atomic E-state index is 2.32. The van der Waals surface area contributed by atoms with Gasteiger partial charge in [-0.25, -0.2) is 0 Å². The lowest BCUT2D eigenvalue weighted by Gasteiger charge is -2.38. The van der Waals surface area contributed by atoms with E-state index in [4.69, 9.17) is 0 Å². The third kappa shape index (κ3) is 10.8. The Balaban J connectivity index is 2.12. The Labute approximate surface area is 154 Å². The summed E-state index contributed by atoms with van der Waals surface area (Å²) in [5.41, 5.74) is 0.769. The van der Waals surface area contributed by atoms with Gasteiger partial charge >= 0.3 is 0 Å². The van der Waals surface area contributed by atoms with Crippen LogP contribution in [0.2, 0.25) is 0 Å². The highest BCUT2D eigenvalue weighted by atomic mass is 14.4. The highest BCUT2D eigenvalue weighted by molar-refractivity contribution is 4.82. The van der Waals surface area contributed by atoms with Gasteiger partial charge in [-0.05, 0) is 31.1 Å². The molecule has 0 heterocycles. The lowest BCUT2D eigenvalue weighted by Crippen LogP contribution is -2.24. The van der Waals surface area contributed by atoms with Crippen molar-refractivity contribution in [3.63, 3.8) is 0 Å². The van der Waals surface area contributed by atoms with Gasteiger partial charge in [-0.2, -0.15) is 0 Å². The fourth-order valence-corrected chi connectivity index (χ4v) is 4.84. The second-order valence-electron chi connectivity index (χ2n) is 8.80. The zero-order valence-corrected chi connectivity index (χ0v) is 17.3. The molecule has 0 radical (unpaired) electrons.